The van der Waals surface area contributed by atoms with Crippen LogP contribution in [0.2, 0.25) is 0 Å². The molecule has 124 valence electrons. The van der Waals surface area contributed by atoms with Gasteiger partial charge in [-0.15, -0.1) is 0 Å². The van der Waals surface area contributed by atoms with Gasteiger partial charge in [0.05, 0.1) is 26.7 Å². The number of nitrogens with zero attached hydrogens (tertiary/aromatic N) is 4. The van der Waals surface area contributed by atoms with Crippen LogP contribution in [0.4, 0.5) is 17.5 Å². The maximum Gasteiger partial charge on any atom is 0.229 e. The molecule has 0 bridgehead atoms. The van der Waals surface area contributed by atoms with Crippen molar-refractivity contribution >= 4 is 28.6 Å². The minimum absolute atomic E-state index is 0.641. The van der Waals surface area contributed by atoms with Gasteiger partial charge >= 0.3 is 0 Å². The highest BCUT2D eigenvalue weighted by atomic mass is 16.5. The minimum atomic E-state index is 0.641. The van der Waals surface area contributed by atoms with Gasteiger partial charge < -0.3 is 24.7 Å². The van der Waals surface area contributed by atoms with Gasteiger partial charge in [0.25, 0.3) is 0 Å². The third kappa shape index (κ3) is 2.83. The summed E-state index contributed by atoms with van der Waals surface area (Å²) in [5.41, 5.74) is 2.34. The van der Waals surface area contributed by atoms with Crippen molar-refractivity contribution in [2.45, 2.75) is 0 Å². The van der Waals surface area contributed by atoms with Crippen LogP contribution in [0, 0.1) is 0 Å². The van der Waals surface area contributed by atoms with Crippen molar-refractivity contribution in [2.24, 2.45) is 0 Å². The number of H-pyrrole nitrogens is 1. The van der Waals surface area contributed by atoms with E-state index in [-0.39, 0.29) is 0 Å². The monoisotopic (exact) mass is 326 g/mol. The number of anilines is 3. The molecule has 1 saturated heterocycles. The zero-order valence-corrected chi connectivity index (χ0v) is 13.3. The number of hydrogen-bond acceptors (Lipinski definition) is 7. The molecule has 1 aliphatic rings. The van der Waals surface area contributed by atoms with Gasteiger partial charge in [-0.2, -0.15) is 9.97 Å². The highest BCUT2D eigenvalue weighted by Gasteiger charge is 2.17. The summed E-state index contributed by atoms with van der Waals surface area (Å²) in [6.07, 6.45) is 1.63. The smallest absolute Gasteiger partial charge is 0.229 e. The molecule has 0 aliphatic carbocycles. The zero-order valence-electron chi connectivity index (χ0n) is 13.3. The first kappa shape index (κ1) is 14.7. The number of imidazole rings is 1. The number of rotatable bonds is 4. The molecule has 0 spiro atoms. The van der Waals surface area contributed by atoms with Gasteiger partial charge in [0, 0.05) is 18.8 Å². The maximum absolute atomic E-state index is 5.39. The summed E-state index contributed by atoms with van der Waals surface area (Å²) in [6, 6.07) is 7.68. The van der Waals surface area contributed by atoms with Crippen molar-refractivity contribution in [1.29, 1.82) is 0 Å². The van der Waals surface area contributed by atoms with E-state index in [0.29, 0.717) is 30.6 Å². The molecule has 0 atom stereocenters. The highest BCUT2D eigenvalue weighted by Crippen LogP contribution is 2.25. The summed E-state index contributed by atoms with van der Waals surface area (Å²) in [5, 5.41) is 3.33. The third-order valence-electron chi connectivity index (χ3n) is 3.92. The van der Waals surface area contributed by atoms with Gasteiger partial charge in [0.2, 0.25) is 5.95 Å². The van der Waals surface area contributed by atoms with Crippen molar-refractivity contribution in [1.82, 2.24) is 19.9 Å². The highest BCUT2D eigenvalue weighted by molar-refractivity contribution is 5.86. The fourth-order valence-corrected chi connectivity index (χ4v) is 2.63. The van der Waals surface area contributed by atoms with Crippen LogP contribution in [-0.4, -0.2) is 53.3 Å². The molecule has 0 saturated carbocycles. The number of aromatic amines is 1. The Labute approximate surface area is 138 Å². The molecule has 8 nitrogen and oxygen atoms in total. The Kier molecular flexibility index (Phi) is 3.87. The topological polar surface area (TPSA) is 88.2 Å². The maximum atomic E-state index is 5.39. The first-order chi connectivity index (χ1) is 11.8. The molecular formula is C16H18N6O2. The van der Waals surface area contributed by atoms with Crippen LogP contribution in [0.5, 0.6) is 5.75 Å². The number of benzene rings is 1. The van der Waals surface area contributed by atoms with Crippen LogP contribution in [-0.2, 0) is 4.74 Å². The first-order valence-corrected chi connectivity index (χ1v) is 7.78. The predicted molar refractivity (Wildman–Crippen MR) is 91.0 cm³/mol. The minimum Gasteiger partial charge on any atom is -0.497 e. The van der Waals surface area contributed by atoms with E-state index in [1.807, 2.05) is 24.3 Å². The second kappa shape index (κ2) is 6.32. The summed E-state index contributed by atoms with van der Waals surface area (Å²) in [5.74, 6) is 2.17. The Morgan fingerprint density at radius 3 is 2.71 bits per heavy atom. The molecule has 2 N–H and O–H groups in total. The van der Waals surface area contributed by atoms with Gasteiger partial charge in [0.15, 0.2) is 11.5 Å². The Bertz CT molecular complexity index is 826. The van der Waals surface area contributed by atoms with Gasteiger partial charge in [-0.05, 0) is 24.3 Å². The Morgan fingerprint density at radius 1 is 1.17 bits per heavy atom. The average Bonchev–Trinajstić information content (AvgIpc) is 3.12. The van der Waals surface area contributed by atoms with Crippen LogP contribution in [0.15, 0.2) is 30.6 Å². The molecule has 24 heavy (non-hydrogen) atoms. The molecule has 1 fully saturated rings. The second-order valence-corrected chi connectivity index (χ2v) is 5.43. The molecule has 2 aromatic heterocycles. The summed E-state index contributed by atoms with van der Waals surface area (Å²) in [4.78, 5) is 18.7. The summed E-state index contributed by atoms with van der Waals surface area (Å²) >= 11 is 0. The Hall–Kier alpha value is -2.87. The van der Waals surface area contributed by atoms with Crippen molar-refractivity contribution in [3.8, 4) is 5.75 Å². The SMILES string of the molecule is COc1ccc(Nc2nc(N3CCOCC3)nc3nc[nH]c23)cc1. The quantitative estimate of drug-likeness (QED) is 0.757. The van der Waals surface area contributed by atoms with E-state index in [1.54, 1.807) is 13.4 Å². The third-order valence-corrected chi connectivity index (χ3v) is 3.92. The fraction of sp³-hybridized carbons (Fsp3) is 0.312. The Morgan fingerprint density at radius 2 is 1.96 bits per heavy atom. The van der Waals surface area contributed by atoms with Crippen LogP contribution >= 0.6 is 0 Å². The standard InChI is InChI=1S/C16H18N6O2/c1-23-12-4-2-11(3-5-12)19-15-13-14(18-10-17-13)20-16(21-15)22-6-8-24-9-7-22/h2-5,10H,6-9H2,1H3,(H2,17,18,19,20,21). The van der Waals surface area contributed by atoms with Crippen LogP contribution in [0.1, 0.15) is 0 Å². The summed E-state index contributed by atoms with van der Waals surface area (Å²) in [6.45, 7) is 2.92. The van der Waals surface area contributed by atoms with E-state index < -0.39 is 0 Å². The van der Waals surface area contributed by atoms with E-state index in [9.17, 15) is 0 Å². The van der Waals surface area contributed by atoms with Crippen LogP contribution in [0.25, 0.3) is 11.2 Å². The van der Waals surface area contributed by atoms with Crippen molar-refractivity contribution in [2.75, 3.05) is 43.6 Å². The van der Waals surface area contributed by atoms with E-state index in [4.69, 9.17) is 9.47 Å². The second-order valence-electron chi connectivity index (χ2n) is 5.43. The van der Waals surface area contributed by atoms with Crippen molar-refractivity contribution < 1.29 is 9.47 Å². The van der Waals surface area contributed by atoms with E-state index in [1.165, 1.54) is 0 Å². The lowest BCUT2D eigenvalue weighted by molar-refractivity contribution is 0.122. The number of aromatic nitrogens is 4. The van der Waals surface area contributed by atoms with Gasteiger partial charge in [-0.3, -0.25) is 0 Å². The summed E-state index contributed by atoms with van der Waals surface area (Å²) in [7, 11) is 1.65. The molecular weight excluding hydrogens is 308 g/mol. The lowest BCUT2D eigenvalue weighted by atomic mass is 10.3. The number of nitrogens with one attached hydrogen (secondary N) is 2. The largest absolute Gasteiger partial charge is 0.497 e. The van der Waals surface area contributed by atoms with E-state index in [0.717, 1.165) is 30.0 Å². The molecule has 3 heterocycles. The van der Waals surface area contributed by atoms with E-state index in [2.05, 4.69) is 30.2 Å². The lowest BCUT2D eigenvalue weighted by Crippen LogP contribution is -2.37. The van der Waals surface area contributed by atoms with Crippen molar-refractivity contribution in [3.05, 3.63) is 30.6 Å². The molecule has 1 aliphatic heterocycles. The number of morpholine rings is 1. The fourth-order valence-electron chi connectivity index (χ4n) is 2.63. The molecule has 3 aromatic rings. The molecule has 0 radical (unpaired) electrons. The number of ether oxygens (including phenoxy) is 2. The van der Waals surface area contributed by atoms with Crippen LogP contribution in [0.3, 0.4) is 0 Å². The first-order valence-electron chi connectivity index (χ1n) is 7.78. The molecule has 0 amide bonds. The molecule has 8 heteroatoms. The summed E-state index contributed by atoms with van der Waals surface area (Å²) < 4.78 is 10.6. The molecule has 4 rings (SSSR count). The number of hydrogen-bond donors (Lipinski definition) is 2. The number of fused-ring (bicyclic) bond motifs is 1. The molecule has 1 aromatic carbocycles. The van der Waals surface area contributed by atoms with Gasteiger partial charge in [-0.1, -0.05) is 0 Å². The zero-order chi connectivity index (χ0) is 16.4. The van der Waals surface area contributed by atoms with Crippen LogP contribution < -0.4 is 15.0 Å². The number of methoxy groups -OCH3 is 1. The van der Waals surface area contributed by atoms with E-state index >= 15 is 0 Å². The van der Waals surface area contributed by atoms with Crippen molar-refractivity contribution in [3.63, 3.8) is 0 Å². The van der Waals surface area contributed by atoms with Gasteiger partial charge in [0.1, 0.15) is 11.3 Å². The average molecular weight is 326 g/mol. The van der Waals surface area contributed by atoms with Gasteiger partial charge in [-0.25, -0.2) is 4.98 Å². The molecule has 0 unspecified atom stereocenters. The predicted octanol–water partition coefficient (Wildman–Crippen LogP) is 1.94. The Balaban J connectivity index is 1.68. The normalized spacial score (nSPS) is 14.8. The lowest BCUT2D eigenvalue weighted by Gasteiger charge is -2.27.